The van der Waals surface area contributed by atoms with Gasteiger partial charge in [0.25, 0.3) is 0 Å². The molecule has 1 N–H and O–H groups in total. The van der Waals surface area contributed by atoms with E-state index in [4.69, 9.17) is 5.11 Å². The topological polar surface area (TPSA) is 74.7 Å². The summed E-state index contributed by atoms with van der Waals surface area (Å²) in [6.45, 7) is 0.475. The Labute approximate surface area is 182 Å². The summed E-state index contributed by atoms with van der Waals surface area (Å²) in [6.07, 6.45) is 6.10. The van der Waals surface area contributed by atoms with Gasteiger partial charge in [0.15, 0.2) is 0 Å². The van der Waals surface area contributed by atoms with E-state index in [0.717, 1.165) is 22.5 Å². The molecular formula is C21H24F2INO4. The maximum atomic E-state index is 14.4. The molecule has 158 valence electrons. The molecule has 1 saturated heterocycles. The number of hydrogen-bond donors (Lipinski definition) is 1. The van der Waals surface area contributed by atoms with Gasteiger partial charge in [0.1, 0.15) is 0 Å². The molecule has 0 aromatic heterocycles. The summed E-state index contributed by atoms with van der Waals surface area (Å²) >= 11 is 2.00. The second kappa shape index (κ2) is 10.8. The minimum Gasteiger partial charge on any atom is -0.481 e. The fourth-order valence-electron chi connectivity index (χ4n) is 3.26. The molecule has 1 aromatic rings. The summed E-state index contributed by atoms with van der Waals surface area (Å²) in [5.74, 6) is -5.79. The van der Waals surface area contributed by atoms with Crippen LogP contribution in [0.15, 0.2) is 36.4 Å². The van der Waals surface area contributed by atoms with E-state index in [-0.39, 0.29) is 23.9 Å². The zero-order chi connectivity index (χ0) is 21.4. The average Bonchev–Trinajstić information content (AvgIpc) is 3.02. The maximum Gasteiger partial charge on any atom is 0.334 e. The second-order valence-electron chi connectivity index (χ2n) is 7.06. The van der Waals surface area contributed by atoms with Gasteiger partial charge in [-0.25, -0.2) is 0 Å². The first-order valence-electron chi connectivity index (χ1n) is 9.59. The Morgan fingerprint density at radius 3 is 2.48 bits per heavy atom. The highest BCUT2D eigenvalue weighted by Crippen LogP contribution is 2.30. The molecule has 1 aliphatic heterocycles. The number of unbranched alkanes of at least 4 members (excludes halogenated alkanes) is 3. The van der Waals surface area contributed by atoms with E-state index in [0.29, 0.717) is 32.2 Å². The summed E-state index contributed by atoms with van der Waals surface area (Å²) < 4.78 is 29.6. The monoisotopic (exact) mass is 519 g/mol. The van der Waals surface area contributed by atoms with Crippen LogP contribution >= 0.6 is 22.6 Å². The van der Waals surface area contributed by atoms with Crippen molar-refractivity contribution >= 4 is 40.3 Å². The van der Waals surface area contributed by atoms with Gasteiger partial charge < -0.3 is 10.0 Å². The molecule has 8 heteroatoms. The molecule has 0 aliphatic carbocycles. The van der Waals surface area contributed by atoms with Crippen LogP contribution in [0.2, 0.25) is 0 Å². The van der Waals surface area contributed by atoms with Crippen LogP contribution in [0.5, 0.6) is 0 Å². The van der Waals surface area contributed by atoms with Crippen molar-refractivity contribution in [2.75, 3.05) is 6.54 Å². The number of carbonyl (C=O) groups excluding carboxylic acids is 2. The molecule has 1 atom stereocenters. The van der Waals surface area contributed by atoms with Crippen molar-refractivity contribution in [3.8, 4) is 0 Å². The van der Waals surface area contributed by atoms with Gasteiger partial charge in [-0.15, -0.1) is 0 Å². The highest BCUT2D eigenvalue weighted by Gasteiger charge is 2.39. The Kier molecular flexibility index (Phi) is 8.73. The molecule has 2 rings (SSSR count). The number of halogens is 3. The molecule has 0 bridgehead atoms. The van der Waals surface area contributed by atoms with Crippen molar-refractivity contribution in [3.63, 3.8) is 0 Å². The van der Waals surface area contributed by atoms with Crippen LogP contribution in [-0.2, 0) is 20.3 Å². The van der Waals surface area contributed by atoms with Crippen LogP contribution in [0.1, 0.15) is 50.5 Å². The van der Waals surface area contributed by atoms with Gasteiger partial charge in [-0.05, 0) is 60.1 Å². The first kappa shape index (κ1) is 23.4. The minimum absolute atomic E-state index is 0.0537. The predicted molar refractivity (Wildman–Crippen MR) is 113 cm³/mol. The number of ketones is 1. The van der Waals surface area contributed by atoms with E-state index in [2.05, 4.69) is 0 Å². The van der Waals surface area contributed by atoms with Crippen LogP contribution in [0.4, 0.5) is 8.78 Å². The summed E-state index contributed by atoms with van der Waals surface area (Å²) in [5.41, 5.74) is -0.353. The van der Waals surface area contributed by atoms with Gasteiger partial charge in [0, 0.05) is 28.5 Å². The van der Waals surface area contributed by atoms with E-state index in [9.17, 15) is 23.2 Å². The maximum absolute atomic E-state index is 14.4. The summed E-state index contributed by atoms with van der Waals surface area (Å²) in [7, 11) is 0. The Bertz CT molecular complexity index is 764. The number of alkyl halides is 2. The van der Waals surface area contributed by atoms with Gasteiger partial charge in [-0.2, -0.15) is 8.78 Å². The lowest BCUT2D eigenvalue weighted by Gasteiger charge is -2.22. The molecule has 1 heterocycles. The summed E-state index contributed by atoms with van der Waals surface area (Å²) in [4.78, 5) is 36.3. The van der Waals surface area contributed by atoms with Crippen molar-refractivity contribution in [2.45, 2.75) is 56.9 Å². The number of amides is 1. The standard InChI is InChI=1S/C21H24F2INO4/c22-21(23,15-6-8-16(24)9-7-15)18(26)12-10-17-11-13-19(27)25(17)14-4-2-1-3-5-20(28)29/h6-10,12,17H,1-5,11,13-14H2,(H,28,29). The van der Waals surface area contributed by atoms with Gasteiger partial charge in [-0.3, -0.25) is 14.4 Å². The molecule has 1 fully saturated rings. The van der Waals surface area contributed by atoms with Crippen molar-refractivity contribution in [3.05, 3.63) is 45.6 Å². The molecule has 5 nitrogen and oxygen atoms in total. The van der Waals surface area contributed by atoms with Crippen molar-refractivity contribution in [1.82, 2.24) is 4.90 Å². The second-order valence-corrected chi connectivity index (χ2v) is 8.30. The number of carboxylic acids is 1. The highest BCUT2D eigenvalue weighted by molar-refractivity contribution is 14.1. The van der Waals surface area contributed by atoms with E-state index in [1.165, 1.54) is 30.3 Å². The number of carbonyl (C=O) groups is 3. The third-order valence-electron chi connectivity index (χ3n) is 4.90. The predicted octanol–water partition coefficient (Wildman–Crippen LogP) is 4.53. The van der Waals surface area contributed by atoms with E-state index < -0.39 is 17.7 Å². The molecule has 0 radical (unpaired) electrons. The van der Waals surface area contributed by atoms with Crippen LogP contribution in [0.3, 0.4) is 0 Å². The zero-order valence-corrected chi connectivity index (χ0v) is 18.1. The van der Waals surface area contributed by atoms with E-state index in [1.54, 1.807) is 4.90 Å². The molecule has 1 amide bonds. The lowest BCUT2D eigenvalue weighted by atomic mass is 10.0. The Balaban J connectivity index is 1.90. The third kappa shape index (κ3) is 6.87. The van der Waals surface area contributed by atoms with Crippen LogP contribution < -0.4 is 0 Å². The van der Waals surface area contributed by atoms with Crippen molar-refractivity contribution in [2.24, 2.45) is 0 Å². The number of carboxylic acid groups (broad SMARTS) is 1. The molecule has 0 saturated carbocycles. The van der Waals surface area contributed by atoms with E-state index in [1.807, 2.05) is 22.6 Å². The number of rotatable bonds is 11. The number of nitrogens with zero attached hydrogens (tertiary/aromatic N) is 1. The summed E-state index contributed by atoms with van der Waals surface area (Å²) in [6, 6.07) is 5.16. The molecular weight excluding hydrogens is 495 g/mol. The third-order valence-corrected chi connectivity index (χ3v) is 5.62. The van der Waals surface area contributed by atoms with Crippen LogP contribution in [0, 0.1) is 3.57 Å². The summed E-state index contributed by atoms with van der Waals surface area (Å²) in [5, 5.41) is 8.62. The van der Waals surface area contributed by atoms with E-state index >= 15 is 0 Å². The Morgan fingerprint density at radius 1 is 1.17 bits per heavy atom. The first-order valence-corrected chi connectivity index (χ1v) is 10.7. The SMILES string of the molecule is O=C(O)CCCCCCN1C(=O)CCC1C=CC(=O)C(F)(F)c1ccc(I)cc1. The normalized spacial score (nSPS) is 17.3. The smallest absolute Gasteiger partial charge is 0.334 e. The molecule has 0 spiro atoms. The van der Waals surface area contributed by atoms with Crippen molar-refractivity contribution in [1.29, 1.82) is 0 Å². The lowest BCUT2D eigenvalue weighted by molar-refractivity contribution is -0.139. The van der Waals surface area contributed by atoms with Gasteiger partial charge in [-0.1, -0.05) is 31.1 Å². The minimum atomic E-state index is -3.61. The van der Waals surface area contributed by atoms with Gasteiger partial charge in [0.05, 0.1) is 6.04 Å². The molecule has 1 aromatic carbocycles. The molecule has 1 unspecified atom stereocenters. The Hall–Kier alpha value is -1.84. The zero-order valence-electron chi connectivity index (χ0n) is 16.0. The number of allylic oxidation sites excluding steroid dienone is 1. The number of aliphatic carboxylic acids is 1. The lowest BCUT2D eigenvalue weighted by Crippen LogP contribution is -2.33. The largest absolute Gasteiger partial charge is 0.481 e. The first-order chi connectivity index (χ1) is 13.7. The Morgan fingerprint density at radius 2 is 1.83 bits per heavy atom. The number of likely N-dealkylation sites (tertiary alicyclic amines) is 1. The average molecular weight is 519 g/mol. The highest BCUT2D eigenvalue weighted by atomic mass is 127. The number of hydrogen-bond acceptors (Lipinski definition) is 3. The quantitative estimate of drug-likeness (QED) is 0.265. The van der Waals surface area contributed by atoms with Gasteiger partial charge in [0.2, 0.25) is 11.7 Å². The van der Waals surface area contributed by atoms with Crippen LogP contribution in [-0.4, -0.2) is 40.3 Å². The molecule has 29 heavy (non-hydrogen) atoms. The number of benzene rings is 1. The fraction of sp³-hybridized carbons (Fsp3) is 0.476. The van der Waals surface area contributed by atoms with Crippen molar-refractivity contribution < 1.29 is 28.3 Å². The fourth-order valence-corrected chi connectivity index (χ4v) is 3.62. The van der Waals surface area contributed by atoms with Gasteiger partial charge >= 0.3 is 11.9 Å². The van der Waals surface area contributed by atoms with Crippen LogP contribution in [0.25, 0.3) is 0 Å². The molecule has 1 aliphatic rings.